The molecule has 0 amide bonds. The fourth-order valence-corrected chi connectivity index (χ4v) is 3.08. The van der Waals surface area contributed by atoms with Crippen LogP contribution in [-0.4, -0.2) is 37.5 Å². The Hall–Kier alpha value is -2.94. The molecule has 6 nitrogen and oxygen atoms in total. The number of rotatable bonds is 3. The van der Waals surface area contributed by atoms with E-state index in [1.807, 2.05) is 0 Å². The minimum Gasteiger partial charge on any atom is -0.506 e. The number of pyridine rings is 1. The van der Waals surface area contributed by atoms with E-state index in [0.717, 1.165) is 0 Å². The van der Waals surface area contributed by atoms with Crippen molar-refractivity contribution in [2.24, 2.45) is 0 Å². The zero-order valence-corrected chi connectivity index (χ0v) is 13.9. The van der Waals surface area contributed by atoms with Crippen LogP contribution in [0, 0.1) is 0 Å². The number of aliphatic hydroxyl groups excluding tert-OH is 1. The maximum absolute atomic E-state index is 12.8. The lowest BCUT2D eigenvalue weighted by Gasteiger charge is -2.32. The number of nitrogens with one attached hydrogen (secondary N) is 1. The number of nitrogens with zero attached hydrogens (tertiary/aromatic N) is 3. The van der Waals surface area contributed by atoms with Gasteiger partial charge in [0.05, 0.1) is 11.7 Å². The van der Waals surface area contributed by atoms with Crippen molar-refractivity contribution in [1.29, 1.82) is 0 Å². The van der Waals surface area contributed by atoms with E-state index in [4.69, 9.17) is 0 Å². The van der Waals surface area contributed by atoms with Crippen molar-refractivity contribution in [3.05, 3.63) is 42.1 Å². The molecule has 0 unspecified atom stereocenters. The van der Waals surface area contributed by atoms with Gasteiger partial charge in [0, 0.05) is 23.0 Å². The zero-order valence-electron chi connectivity index (χ0n) is 13.9. The normalized spacial score (nSPS) is 19.7. The van der Waals surface area contributed by atoms with Crippen LogP contribution in [0.3, 0.4) is 0 Å². The fraction of sp³-hybridized carbons (Fsp3) is 0.278. The summed E-state index contributed by atoms with van der Waals surface area (Å²) in [6.45, 7) is 0. The first kappa shape index (κ1) is 17.5. The van der Waals surface area contributed by atoms with E-state index < -0.39 is 17.5 Å². The van der Waals surface area contributed by atoms with Gasteiger partial charge in [0.1, 0.15) is 17.1 Å². The third-order valence-corrected chi connectivity index (χ3v) is 4.56. The Kier molecular flexibility index (Phi) is 4.11. The molecule has 0 atom stereocenters. The van der Waals surface area contributed by atoms with E-state index in [-0.39, 0.29) is 23.5 Å². The summed E-state index contributed by atoms with van der Waals surface area (Å²) >= 11 is 0. The Morgan fingerprint density at radius 2 is 1.74 bits per heavy atom. The highest BCUT2D eigenvalue weighted by Gasteiger charge is 2.32. The van der Waals surface area contributed by atoms with Crippen LogP contribution in [0.1, 0.15) is 18.4 Å². The SMILES string of the molecule is Oc1cc(C(F)(F)F)cnc1-c1nnc(NC2CC(O)C2)c2ccccc12. The molecule has 3 aromatic rings. The molecule has 1 aliphatic rings. The van der Waals surface area contributed by atoms with Crippen molar-refractivity contribution in [2.75, 3.05) is 5.32 Å². The standard InChI is InChI=1S/C18H15F3N4O2/c19-18(20,21)9-5-14(27)16(22-8-9)15-12-3-1-2-4-13(12)17(25-24-15)23-10-6-11(26)7-10/h1-5,8,10-11,26-27H,6-7H2,(H,23,25). The van der Waals surface area contributed by atoms with E-state index in [0.29, 0.717) is 41.7 Å². The number of aliphatic hydroxyl groups is 1. The maximum Gasteiger partial charge on any atom is 0.418 e. The molecule has 3 N–H and O–H groups in total. The molecule has 1 aromatic carbocycles. The monoisotopic (exact) mass is 376 g/mol. The molecule has 140 valence electrons. The summed E-state index contributed by atoms with van der Waals surface area (Å²) < 4.78 is 38.4. The summed E-state index contributed by atoms with van der Waals surface area (Å²) in [5, 5.41) is 32.2. The van der Waals surface area contributed by atoms with E-state index >= 15 is 0 Å². The number of aromatic nitrogens is 3. The molecular formula is C18H15F3N4O2. The number of anilines is 1. The van der Waals surface area contributed by atoms with E-state index in [9.17, 15) is 23.4 Å². The van der Waals surface area contributed by atoms with Gasteiger partial charge >= 0.3 is 6.18 Å². The van der Waals surface area contributed by atoms with Gasteiger partial charge in [-0.15, -0.1) is 10.2 Å². The summed E-state index contributed by atoms with van der Waals surface area (Å²) in [5.41, 5.74) is -0.920. The van der Waals surface area contributed by atoms with Gasteiger partial charge in [-0.2, -0.15) is 13.2 Å². The van der Waals surface area contributed by atoms with Gasteiger partial charge in [-0.05, 0) is 18.9 Å². The molecule has 9 heteroatoms. The molecule has 27 heavy (non-hydrogen) atoms. The first-order valence-corrected chi connectivity index (χ1v) is 8.29. The Morgan fingerprint density at radius 3 is 2.37 bits per heavy atom. The molecule has 1 aliphatic carbocycles. The Morgan fingerprint density at radius 1 is 1.04 bits per heavy atom. The number of hydrogen-bond acceptors (Lipinski definition) is 6. The van der Waals surface area contributed by atoms with Crippen molar-refractivity contribution in [1.82, 2.24) is 15.2 Å². The summed E-state index contributed by atoms with van der Waals surface area (Å²) in [5.74, 6) is -0.107. The average Bonchev–Trinajstić information content (AvgIpc) is 2.60. The minimum absolute atomic E-state index is 0.0719. The van der Waals surface area contributed by atoms with E-state index in [2.05, 4.69) is 20.5 Å². The second kappa shape index (κ2) is 6.34. The van der Waals surface area contributed by atoms with Crippen molar-refractivity contribution in [3.63, 3.8) is 0 Å². The van der Waals surface area contributed by atoms with Gasteiger partial charge in [0.15, 0.2) is 5.82 Å². The molecule has 0 aliphatic heterocycles. The van der Waals surface area contributed by atoms with Crippen LogP contribution in [0.25, 0.3) is 22.2 Å². The fourth-order valence-electron chi connectivity index (χ4n) is 3.08. The van der Waals surface area contributed by atoms with Gasteiger partial charge < -0.3 is 15.5 Å². The molecule has 0 bridgehead atoms. The van der Waals surface area contributed by atoms with E-state index in [1.54, 1.807) is 24.3 Å². The minimum atomic E-state index is -4.60. The highest BCUT2D eigenvalue weighted by atomic mass is 19.4. The highest BCUT2D eigenvalue weighted by molar-refractivity contribution is 6.00. The zero-order chi connectivity index (χ0) is 19.2. The van der Waals surface area contributed by atoms with Crippen molar-refractivity contribution in [2.45, 2.75) is 31.2 Å². The number of aromatic hydroxyl groups is 1. The smallest absolute Gasteiger partial charge is 0.418 e. The molecule has 2 heterocycles. The lowest BCUT2D eigenvalue weighted by Crippen LogP contribution is -2.39. The summed E-state index contributed by atoms with van der Waals surface area (Å²) in [4.78, 5) is 3.77. The molecule has 4 rings (SSSR count). The first-order valence-electron chi connectivity index (χ1n) is 8.29. The molecule has 2 aromatic heterocycles. The third kappa shape index (κ3) is 3.25. The Balaban J connectivity index is 1.77. The predicted octanol–water partition coefficient (Wildman–Crippen LogP) is 3.35. The molecular weight excluding hydrogens is 361 g/mol. The van der Waals surface area contributed by atoms with Crippen molar-refractivity contribution in [3.8, 4) is 17.1 Å². The second-order valence-corrected chi connectivity index (χ2v) is 6.50. The summed E-state index contributed by atoms with van der Waals surface area (Å²) in [7, 11) is 0. The maximum atomic E-state index is 12.8. The van der Waals surface area contributed by atoms with Crippen LogP contribution in [0.2, 0.25) is 0 Å². The van der Waals surface area contributed by atoms with E-state index in [1.165, 1.54) is 0 Å². The first-order chi connectivity index (χ1) is 12.8. The lowest BCUT2D eigenvalue weighted by atomic mass is 9.89. The average molecular weight is 376 g/mol. The van der Waals surface area contributed by atoms with Crippen molar-refractivity contribution < 1.29 is 23.4 Å². The molecule has 1 fully saturated rings. The summed E-state index contributed by atoms with van der Waals surface area (Å²) in [6, 6.07) is 7.80. The van der Waals surface area contributed by atoms with Gasteiger partial charge in [-0.25, -0.2) is 4.98 Å². The Labute approximate surface area is 151 Å². The quantitative estimate of drug-likeness (QED) is 0.649. The van der Waals surface area contributed by atoms with Gasteiger partial charge in [0.25, 0.3) is 0 Å². The van der Waals surface area contributed by atoms with Crippen molar-refractivity contribution >= 4 is 16.6 Å². The van der Waals surface area contributed by atoms with Crippen LogP contribution in [0.4, 0.5) is 19.0 Å². The Bertz CT molecular complexity index is 1000. The molecule has 0 saturated heterocycles. The largest absolute Gasteiger partial charge is 0.506 e. The van der Waals surface area contributed by atoms with Crippen LogP contribution >= 0.6 is 0 Å². The predicted molar refractivity (Wildman–Crippen MR) is 92.1 cm³/mol. The molecule has 0 radical (unpaired) electrons. The van der Waals surface area contributed by atoms with Gasteiger partial charge in [-0.3, -0.25) is 0 Å². The highest BCUT2D eigenvalue weighted by Crippen LogP contribution is 2.37. The van der Waals surface area contributed by atoms with Crippen LogP contribution in [0.5, 0.6) is 5.75 Å². The number of alkyl halides is 3. The van der Waals surface area contributed by atoms with Crippen LogP contribution < -0.4 is 5.32 Å². The number of fused-ring (bicyclic) bond motifs is 1. The lowest BCUT2D eigenvalue weighted by molar-refractivity contribution is -0.137. The number of benzene rings is 1. The number of hydrogen-bond donors (Lipinski definition) is 3. The third-order valence-electron chi connectivity index (χ3n) is 4.56. The van der Waals surface area contributed by atoms with Crippen LogP contribution in [-0.2, 0) is 6.18 Å². The van der Waals surface area contributed by atoms with Crippen LogP contribution in [0.15, 0.2) is 36.5 Å². The summed E-state index contributed by atoms with van der Waals surface area (Å²) in [6.07, 6.45) is -3.04. The second-order valence-electron chi connectivity index (χ2n) is 6.50. The van der Waals surface area contributed by atoms with Gasteiger partial charge in [-0.1, -0.05) is 24.3 Å². The number of halogens is 3. The molecule has 0 spiro atoms. The van der Waals surface area contributed by atoms with Gasteiger partial charge in [0.2, 0.25) is 0 Å². The molecule has 1 saturated carbocycles. The topological polar surface area (TPSA) is 91.2 Å².